The van der Waals surface area contributed by atoms with Gasteiger partial charge in [-0.05, 0) is 36.4 Å². The van der Waals surface area contributed by atoms with Crippen LogP contribution in [-0.2, 0) is 9.47 Å². The van der Waals surface area contributed by atoms with Gasteiger partial charge < -0.3 is 28.4 Å². The van der Waals surface area contributed by atoms with E-state index in [0.29, 0.717) is 36.2 Å². The first-order valence-corrected chi connectivity index (χ1v) is 9.95. The molecular weight excluding hydrogens is 384 g/mol. The maximum atomic E-state index is 5.99. The van der Waals surface area contributed by atoms with Crippen molar-refractivity contribution in [3.05, 3.63) is 72.8 Å². The molecule has 30 heavy (non-hydrogen) atoms. The highest BCUT2D eigenvalue weighted by molar-refractivity contribution is 5.42. The van der Waals surface area contributed by atoms with Crippen LogP contribution in [0.4, 0.5) is 0 Å². The first-order valence-electron chi connectivity index (χ1n) is 9.95. The molecule has 2 unspecified atom stereocenters. The molecule has 2 atom stereocenters. The van der Waals surface area contributed by atoms with Crippen molar-refractivity contribution < 1.29 is 28.4 Å². The molecule has 154 valence electrons. The van der Waals surface area contributed by atoms with E-state index in [9.17, 15) is 0 Å². The zero-order valence-electron chi connectivity index (χ0n) is 16.4. The van der Waals surface area contributed by atoms with Gasteiger partial charge in [-0.2, -0.15) is 0 Å². The summed E-state index contributed by atoms with van der Waals surface area (Å²) in [5.41, 5.74) is 0. The summed E-state index contributed by atoms with van der Waals surface area (Å²) in [6.45, 7) is 2.66. The zero-order valence-corrected chi connectivity index (χ0v) is 16.4. The summed E-state index contributed by atoms with van der Waals surface area (Å²) in [5.74, 6) is 4.24. The maximum Gasteiger partial charge on any atom is 0.131 e. The second-order valence-corrected chi connectivity index (χ2v) is 7.16. The van der Waals surface area contributed by atoms with Crippen LogP contribution in [0, 0.1) is 0 Å². The Bertz CT molecular complexity index is 919. The quantitative estimate of drug-likeness (QED) is 0.450. The third kappa shape index (κ3) is 5.43. The van der Waals surface area contributed by atoms with Gasteiger partial charge in [0, 0.05) is 18.2 Å². The number of rotatable bonds is 10. The molecule has 3 aromatic carbocycles. The Morgan fingerprint density at radius 3 is 1.27 bits per heavy atom. The van der Waals surface area contributed by atoms with Crippen molar-refractivity contribution in [3.8, 4) is 34.5 Å². The maximum absolute atomic E-state index is 5.99. The average molecular weight is 406 g/mol. The van der Waals surface area contributed by atoms with E-state index in [2.05, 4.69) is 0 Å². The summed E-state index contributed by atoms with van der Waals surface area (Å²) in [7, 11) is 0. The summed E-state index contributed by atoms with van der Waals surface area (Å²) in [6.07, 6.45) is 0.434. The number of epoxide rings is 2. The minimum atomic E-state index is 0.217. The van der Waals surface area contributed by atoms with Gasteiger partial charge in [0.1, 0.15) is 59.9 Å². The molecule has 0 aliphatic carbocycles. The van der Waals surface area contributed by atoms with Gasteiger partial charge in [-0.25, -0.2) is 0 Å². The summed E-state index contributed by atoms with van der Waals surface area (Å²) in [6, 6.07) is 22.6. The Hall–Kier alpha value is -3.22. The molecule has 2 aliphatic rings. The first-order chi connectivity index (χ1) is 14.8. The number of hydrogen-bond donors (Lipinski definition) is 0. The van der Waals surface area contributed by atoms with Crippen LogP contribution < -0.4 is 18.9 Å². The van der Waals surface area contributed by atoms with Crippen molar-refractivity contribution in [2.75, 3.05) is 26.4 Å². The van der Waals surface area contributed by atoms with Gasteiger partial charge in [0.2, 0.25) is 0 Å². The van der Waals surface area contributed by atoms with Gasteiger partial charge >= 0.3 is 0 Å². The van der Waals surface area contributed by atoms with E-state index >= 15 is 0 Å². The lowest BCUT2D eigenvalue weighted by Gasteiger charge is -2.11. The summed E-state index contributed by atoms with van der Waals surface area (Å²) in [5, 5.41) is 0. The van der Waals surface area contributed by atoms with Gasteiger partial charge in [-0.1, -0.05) is 18.2 Å². The molecule has 2 aliphatic heterocycles. The molecule has 0 radical (unpaired) electrons. The number of ether oxygens (including phenoxy) is 6. The van der Waals surface area contributed by atoms with Gasteiger partial charge in [-0.15, -0.1) is 0 Å². The minimum Gasteiger partial charge on any atom is -0.491 e. The predicted molar refractivity (Wildman–Crippen MR) is 110 cm³/mol. The summed E-state index contributed by atoms with van der Waals surface area (Å²) >= 11 is 0. The second kappa shape index (κ2) is 8.65. The van der Waals surface area contributed by atoms with Gasteiger partial charge in [-0.3, -0.25) is 0 Å². The van der Waals surface area contributed by atoms with Crippen molar-refractivity contribution in [2.45, 2.75) is 12.2 Å². The lowest BCUT2D eigenvalue weighted by molar-refractivity contribution is 0.262. The normalized spacial score (nSPS) is 19.1. The third-order valence-corrected chi connectivity index (χ3v) is 4.56. The zero-order chi connectivity index (χ0) is 20.2. The fraction of sp³-hybridized carbons (Fsp3) is 0.250. The van der Waals surface area contributed by atoms with Crippen molar-refractivity contribution in [3.63, 3.8) is 0 Å². The van der Waals surface area contributed by atoms with E-state index < -0.39 is 0 Å². The smallest absolute Gasteiger partial charge is 0.131 e. The van der Waals surface area contributed by atoms with Crippen molar-refractivity contribution in [2.24, 2.45) is 0 Å². The van der Waals surface area contributed by atoms with Gasteiger partial charge in [0.15, 0.2) is 0 Å². The molecule has 5 rings (SSSR count). The summed E-state index contributed by atoms with van der Waals surface area (Å²) in [4.78, 5) is 0. The average Bonchev–Trinajstić information content (AvgIpc) is 3.67. The SMILES string of the molecule is c1cc(OCC2CO2)cc(Oc2cccc(Oc3cccc(OCC4CO4)c3)c2)c1. The molecule has 0 amide bonds. The van der Waals surface area contributed by atoms with Crippen LogP contribution in [0.15, 0.2) is 72.8 Å². The van der Waals surface area contributed by atoms with E-state index in [1.54, 1.807) is 0 Å². The Morgan fingerprint density at radius 2 is 0.900 bits per heavy atom. The molecule has 2 fully saturated rings. The van der Waals surface area contributed by atoms with Gasteiger partial charge in [0.05, 0.1) is 13.2 Å². The van der Waals surface area contributed by atoms with Crippen LogP contribution in [0.2, 0.25) is 0 Å². The van der Waals surface area contributed by atoms with E-state index in [1.165, 1.54) is 0 Å². The minimum absolute atomic E-state index is 0.217. The molecule has 3 aromatic rings. The Labute approximate surface area is 174 Å². The highest BCUT2D eigenvalue weighted by Gasteiger charge is 2.23. The molecule has 0 N–H and O–H groups in total. The lowest BCUT2D eigenvalue weighted by atomic mass is 10.3. The fourth-order valence-electron chi connectivity index (χ4n) is 2.84. The lowest BCUT2D eigenvalue weighted by Crippen LogP contribution is -2.03. The first kappa shape index (κ1) is 18.8. The van der Waals surface area contributed by atoms with Crippen molar-refractivity contribution >= 4 is 0 Å². The number of benzene rings is 3. The standard InChI is InChI=1S/C24H22O6/c1-4-17(25-13-23-15-27-23)10-19(6-1)29-21-8-3-9-22(12-21)30-20-7-2-5-18(11-20)26-14-24-16-28-24/h1-12,23-24H,13-16H2. The van der Waals surface area contributed by atoms with Crippen LogP contribution in [0.5, 0.6) is 34.5 Å². The highest BCUT2D eigenvalue weighted by Crippen LogP contribution is 2.31. The highest BCUT2D eigenvalue weighted by atomic mass is 16.6. The van der Waals surface area contributed by atoms with Gasteiger partial charge in [0.25, 0.3) is 0 Å². The molecule has 6 heteroatoms. The third-order valence-electron chi connectivity index (χ3n) is 4.56. The Morgan fingerprint density at radius 1 is 0.567 bits per heavy atom. The van der Waals surface area contributed by atoms with Crippen LogP contribution in [0.25, 0.3) is 0 Å². The Balaban J connectivity index is 1.22. The second-order valence-electron chi connectivity index (χ2n) is 7.16. The van der Waals surface area contributed by atoms with E-state index in [1.807, 2.05) is 72.8 Å². The van der Waals surface area contributed by atoms with E-state index in [0.717, 1.165) is 24.7 Å². The van der Waals surface area contributed by atoms with Crippen LogP contribution in [0.1, 0.15) is 0 Å². The Kier molecular flexibility index (Phi) is 5.42. The number of hydrogen-bond acceptors (Lipinski definition) is 6. The monoisotopic (exact) mass is 406 g/mol. The molecule has 0 spiro atoms. The van der Waals surface area contributed by atoms with Crippen molar-refractivity contribution in [1.82, 2.24) is 0 Å². The van der Waals surface area contributed by atoms with Crippen LogP contribution in [0.3, 0.4) is 0 Å². The molecular formula is C24H22O6. The largest absolute Gasteiger partial charge is 0.491 e. The predicted octanol–water partition coefficient (Wildman–Crippen LogP) is 4.83. The molecule has 0 saturated carbocycles. The molecule has 2 heterocycles. The molecule has 2 saturated heterocycles. The fourth-order valence-corrected chi connectivity index (χ4v) is 2.84. The van der Waals surface area contributed by atoms with Crippen molar-refractivity contribution in [1.29, 1.82) is 0 Å². The van der Waals surface area contributed by atoms with E-state index in [4.69, 9.17) is 28.4 Å². The molecule has 6 nitrogen and oxygen atoms in total. The topological polar surface area (TPSA) is 62.0 Å². The van der Waals surface area contributed by atoms with Crippen LogP contribution in [-0.4, -0.2) is 38.6 Å². The molecule has 0 aromatic heterocycles. The molecule has 0 bridgehead atoms. The van der Waals surface area contributed by atoms with E-state index in [-0.39, 0.29) is 12.2 Å². The summed E-state index contributed by atoms with van der Waals surface area (Å²) < 4.78 is 33.7. The van der Waals surface area contributed by atoms with Crippen LogP contribution >= 0.6 is 0 Å².